The summed E-state index contributed by atoms with van der Waals surface area (Å²) in [6, 6.07) is 0. The summed E-state index contributed by atoms with van der Waals surface area (Å²) in [6.45, 7) is 0. The van der Waals surface area contributed by atoms with Crippen molar-refractivity contribution in [1.29, 1.82) is 0 Å². The van der Waals surface area contributed by atoms with E-state index >= 15 is 0 Å². The third kappa shape index (κ3) is 164. The van der Waals surface area contributed by atoms with Gasteiger partial charge in [-0.05, 0) is 0 Å². The van der Waals surface area contributed by atoms with E-state index in [1.165, 1.54) is 0 Å². The zero-order chi connectivity index (χ0) is 0. The zero-order valence-electron chi connectivity index (χ0n) is 4.91. The van der Waals surface area contributed by atoms with Gasteiger partial charge in [-0.3, -0.25) is 0 Å². The van der Waals surface area contributed by atoms with Crippen LogP contribution >= 0.6 is 0 Å². The van der Waals surface area contributed by atoms with Crippen molar-refractivity contribution >= 4 is 68.5 Å². The molecule has 0 aliphatic carbocycles. The predicted octanol–water partition coefficient (Wildman–Crippen LogP) is -6.53. The minimum atomic E-state index is 0. The molecule has 0 rings (SSSR count). The van der Waals surface area contributed by atoms with Crippen LogP contribution < -0.4 is 0 Å². The molecule has 0 atom stereocenters. The van der Waals surface area contributed by atoms with E-state index in [-0.39, 0.29) is 107 Å². The molecule has 0 aliphatic rings. The first-order valence-corrected chi connectivity index (χ1v) is 0. The summed E-state index contributed by atoms with van der Waals surface area (Å²) in [6.07, 6.45) is 0. The van der Waals surface area contributed by atoms with Gasteiger partial charge in [-0.1, -0.05) is 0 Å². The van der Waals surface area contributed by atoms with Crippen molar-refractivity contribution in [2.75, 3.05) is 0 Å². The summed E-state index contributed by atoms with van der Waals surface area (Å²) < 4.78 is 0. The van der Waals surface area contributed by atoms with E-state index in [0.29, 0.717) is 0 Å². The van der Waals surface area contributed by atoms with Crippen LogP contribution in [0.25, 0.3) is 0 Å². The Balaban J connectivity index is 0. The summed E-state index contributed by atoms with van der Waals surface area (Å²) in [4.78, 5) is 0. The topological polar surface area (TPSA) is 220 Å². The van der Waals surface area contributed by atoms with E-state index in [1.807, 2.05) is 0 Å². The van der Waals surface area contributed by atoms with Gasteiger partial charge in [0.1, 0.15) is 0 Å². The van der Waals surface area contributed by atoms with Gasteiger partial charge in [0.2, 0.25) is 0 Å². The normalized spacial score (nSPS) is 0. The SMILES string of the molecule is O.O.O.O.O.O.O.[Mg].[Sr]. The maximum Gasteiger partial charge on any atom is 0 e. The second-order valence-electron chi connectivity index (χ2n) is 0. The van der Waals surface area contributed by atoms with E-state index in [4.69, 9.17) is 0 Å². The third-order valence-electron chi connectivity index (χ3n) is 0. The fourth-order valence-corrected chi connectivity index (χ4v) is 0. The first-order chi connectivity index (χ1) is 0. The average Bonchev–Trinajstić information content (AvgIpc) is 0. The molecule has 0 spiro atoms. The van der Waals surface area contributed by atoms with Crippen molar-refractivity contribution in [3.63, 3.8) is 0 Å². The fourth-order valence-electron chi connectivity index (χ4n) is 0. The molecule has 0 aromatic carbocycles. The average molecular weight is 238 g/mol. The van der Waals surface area contributed by atoms with Gasteiger partial charge in [0.15, 0.2) is 0 Å². The molecule has 0 heterocycles. The first-order valence-electron chi connectivity index (χ1n) is 0. The molecule has 0 bridgehead atoms. The quantitative estimate of drug-likeness (QED) is 0.359. The van der Waals surface area contributed by atoms with Crippen molar-refractivity contribution in [2.24, 2.45) is 0 Å². The van der Waals surface area contributed by atoms with Gasteiger partial charge in [0, 0.05) is 68.5 Å². The molecule has 60 valence electrons. The largest absolute Gasteiger partial charge is 0.412 e. The van der Waals surface area contributed by atoms with Gasteiger partial charge in [-0.25, -0.2) is 0 Å². The Hall–Kier alpha value is 1.97. The van der Waals surface area contributed by atoms with E-state index in [1.54, 1.807) is 0 Å². The van der Waals surface area contributed by atoms with Crippen LogP contribution in [0.5, 0.6) is 0 Å². The van der Waals surface area contributed by atoms with Crippen LogP contribution in [0.4, 0.5) is 0 Å². The summed E-state index contributed by atoms with van der Waals surface area (Å²) in [5.41, 5.74) is 0. The zero-order valence-corrected chi connectivity index (χ0v) is 9.80. The van der Waals surface area contributed by atoms with E-state index in [2.05, 4.69) is 0 Å². The van der Waals surface area contributed by atoms with E-state index in [9.17, 15) is 0 Å². The maximum absolute atomic E-state index is 0. The van der Waals surface area contributed by atoms with Crippen LogP contribution in [-0.2, 0) is 0 Å². The number of rotatable bonds is 0. The summed E-state index contributed by atoms with van der Waals surface area (Å²) in [7, 11) is 0. The molecular formula is H14MgO7Sr. The van der Waals surface area contributed by atoms with Crippen LogP contribution in [0.3, 0.4) is 0 Å². The number of hydrogen-bond donors (Lipinski definition) is 0. The predicted molar refractivity (Wildman–Crippen MR) is 36.8 cm³/mol. The van der Waals surface area contributed by atoms with Gasteiger partial charge < -0.3 is 38.3 Å². The van der Waals surface area contributed by atoms with Crippen molar-refractivity contribution in [3.8, 4) is 0 Å². The Bertz CT molecular complexity index is 8.88. The molecule has 14 N–H and O–H groups in total. The summed E-state index contributed by atoms with van der Waals surface area (Å²) in [5, 5.41) is 0. The monoisotopic (exact) mass is 238 g/mol. The molecule has 0 saturated carbocycles. The molecule has 0 fully saturated rings. The van der Waals surface area contributed by atoms with Gasteiger partial charge in [-0.15, -0.1) is 0 Å². The molecule has 0 unspecified atom stereocenters. The molecular weight excluding hydrogens is 224 g/mol. The molecule has 9 heteroatoms. The first kappa shape index (κ1) is 282. The van der Waals surface area contributed by atoms with Crippen LogP contribution in [-0.4, -0.2) is 107 Å². The second-order valence-corrected chi connectivity index (χ2v) is 0. The van der Waals surface area contributed by atoms with Gasteiger partial charge in [-0.2, -0.15) is 0 Å². The van der Waals surface area contributed by atoms with E-state index in [0.717, 1.165) is 0 Å². The Labute approximate surface area is 105 Å². The molecule has 0 saturated heterocycles. The van der Waals surface area contributed by atoms with Crippen molar-refractivity contribution in [2.45, 2.75) is 0 Å². The van der Waals surface area contributed by atoms with Crippen LogP contribution in [0.1, 0.15) is 0 Å². The molecule has 0 amide bonds. The molecule has 4 radical (unpaired) electrons. The van der Waals surface area contributed by atoms with Gasteiger partial charge in [0.05, 0.1) is 0 Å². The molecule has 0 aromatic rings. The van der Waals surface area contributed by atoms with E-state index < -0.39 is 0 Å². The summed E-state index contributed by atoms with van der Waals surface area (Å²) in [5.74, 6) is 0. The Morgan fingerprint density at radius 2 is 0.333 bits per heavy atom. The van der Waals surface area contributed by atoms with Crippen molar-refractivity contribution in [1.82, 2.24) is 0 Å². The minimum absolute atomic E-state index is 0. The smallest absolute Gasteiger partial charge is 0 e. The van der Waals surface area contributed by atoms with Crippen LogP contribution in [0.2, 0.25) is 0 Å². The van der Waals surface area contributed by atoms with Gasteiger partial charge >= 0.3 is 0 Å². The maximum atomic E-state index is 0. The van der Waals surface area contributed by atoms with Crippen LogP contribution in [0.15, 0.2) is 0 Å². The fraction of sp³-hybridized carbons (Fsp3) is 0. The Morgan fingerprint density at radius 3 is 0.333 bits per heavy atom. The molecule has 9 heavy (non-hydrogen) atoms. The molecule has 0 aromatic heterocycles. The number of hydrogen-bond acceptors (Lipinski definition) is 0. The summed E-state index contributed by atoms with van der Waals surface area (Å²) >= 11 is 0. The Kier molecular flexibility index (Phi) is 6480. The van der Waals surface area contributed by atoms with Gasteiger partial charge in [0.25, 0.3) is 0 Å². The standard InChI is InChI=1S/Mg.7H2O.Sr/h;7*1H2;. The molecule has 7 nitrogen and oxygen atoms in total. The van der Waals surface area contributed by atoms with Crippen LogP contribution in [0, 0.1) is 0 Å². The van der Waals surface area contributed by atoms with Crippen molar-refractivity contribution in [3.05, 3.63) is 0 Å². The Morgan fingerprint density at radius 1 is 0.333 bits per heavy atom. The molecule has 0 aliphatic heterocycles. The third-order valence-corrected chi connectivity index (χ3v) is 0. The van der Waals surface area contributed by atoms with Crippen molar-refractivity contribution < 1.29 is 38.3 Å². The minimum Gasteiger partial charge on any atom is -0.412 e. The second kappa shape index (κ2) is 207.